The molecule has 1 heterocycles. The number of fused-ring (bicyclic) bond motifs is 1. The van der Waals surface area contributed by atoms with Crippen molar-refractivity contribution in [3.63, 3.8) is 0 Å². The smallest absolute Gasteiger partial charge is 0.240 e. The van der Waals surface area contributed by atoms with Crippen LogP contribution < -0.4 is 9.46 Å². The van der Waals surface area contributed by atoms with Crippen molar-refractivity contribution in [2.75, 3.05) is 6.61 Å². The van der Waals surface area contributed by atoms with Crippen molar-refractivity contribution >= 4 is 45.0 Å². The summed E-state index contributed by atoms with van der Waals surface area (Å²) < 4.78 is 33.7. The molecule has 29 heavy (non-hydrogen) atoms. The van der Waals surface area contributed by atoms with Gasteiger partial charge in [-0.05, 0) is 65.7 Å². The van der Waals surface area contributed by atoms with Crippen LogP contribution >= 0.6 is 35.0 Å². The van der Waals surface area contributed by atoms with Gasteiger partial charge in [-0.1, -0.05) is 41.0 Å². The van der Waals surface area contributed by atoms with Crippen LogP contribution in [0.4, 0.5) is 0 Å². The molecule has 1 N–H and O–H groups in total. The predicted octanol–water partition coefficient (Wildman–Crippen LogP) is 5.56. The van der Waals surface area contributed by atoms with Crippen molar-refractivity contribution in [3.8, 4) is 5.75 Å². The summed E-state index contributed by atoms with van der Waals surface area (Å²) in [5.41, 5.74) is 1.63. The number of hydrogen-bond acceptors (Lipinski definition) is 4. The number of nitrogens with one attached hydrogen (secondary N) is 1. The lowest BCUT2D eigenvalue weighted by Gasteiger charge is -2.13. The molecule has 0 atom stereocenters. The van der Waals surface area contributed by atoms with Crippen molar-refractivity contribution in [1.29, 1.82) is 0 Å². The Morgan fingerprint density at radius 3 is 2.62 bits per heavy atom. The van der Waals surface area contributed by atoms with Gasteiger partial charge in [0.2, 0.25) is 10.0 Å². The fourth-order valence-electron chi connectivity index (χ4n) is 3.02. The third-order valence-corrected chi connectivity index (χ3v) is 7.64. The molecule has 0 fully saturated rings. The lowest BCUT2D eigenvalue weighted by molar-refractivity contribution is 0.356. The van der Waals surface area contributed by atoms with E-state index in [9.17, 15) is 8.42 Å². The highest BCUT2D eigenvalue weighted by molar-refractivity contribution is 7.99. The van der Waals surface area contributed by atoms with Gasteiger partial charge in [0.15, 0.2) is 0 Å². The summed E-state index contributed by atoms with van der Waals surface area (Å²) in [5, 5.41) is 1.17. The zero-order valence-electron chi connectivity index (χ0n) is 15.2. The minimum Gasteiger partial charge on any atom is -0.493 e. The fraction of sp³-hybridized carbons (Fsp3) is 0.143. The molecular formula is C21H17Cl2NO3S2. The van der Waals surface area contributed by atoms with Crippen molar-refractivity contribution in [2.24, 2.45) is 0 Å². The van der Waals surface area contributed by atoms with Crippen molar-refractivity contribution in [2.45, 2.75) is 27.7 Å². The molecule has 150 valence electrons. The van der Waals surface area contributed by atoms with Crippen molar-refractivity contribution in [1.82, 2.24) is 4.72 Å². The fourth-order valence-corrected chi connectivity index (χ4v) is 5.46. The van der Waals surface area contributed by atoms with E-state index in [1.807, 2.05) is 36.4 Å². The average Bonchev–Trinajstić information content (AvgIpc) is 3.17. The predicted molar refractivity (Wildman–Crippen MR) is 117 cm³/mol. The molecule has 0 aliphatic carbocycles. The molecular weight excluding hydrogens is 449 g/mol. The molecule has 0 saturated carbocycles. The number of hydrogen-bond donors (Lipinski definition) is 1. The first kappa shape index (κ1) is 20.6. The molecule has 4 rings (SSSR count). The molecule has 0 bridgehead atoms. The van der Waals surface area contributed by atoms with Gasteiger partial charge < -0.3 is 4.74 Å². The van der Waals surface area contributed by atoms with Crippen LogP contribution in [0.1, 0.15) is 11.1 Å². The van der Waals surface area contributed by atoms with E-state index < -0.39 is 10.0 Å². The van der Waals surface area contributed by atoms with Crippen LogP contribution in [0.3, 0.4) is 0 Å². The molecule has 1 aliphatic heterocycles. The Morgan fingerprint density at radius 1 is 1.03 bits per heavy atom. The van der Waals surface area contributed by atoms with E-state index in [0.717, 1.165) is 26.7 Å². The summed E-state index contributed by atoms with van der Waals surface area (Å²) in [5.74, 6) is 0.747. The minimum atomic E-state index is -3.68. The molecule has 8 heteroatoms. The third kappa shape index (κ3) is 4.73. The standard InChI is InChI=1S/C21H17Cl2NO3S2/c22-15-4-6-16(7-5-15)28-21-3-1-2-19(23)18(21)13-24-29(25,26)17-8-9-20-14(12-17)10-11-27-20/h1-9,12,24H,10-11,13H2. The summed E-state index contributed by atoms with van der Waals surface area (Å²) in [4.78, 5) is 2.09. The van der Waals surface area contributed by atoms with Gasteiger partial charge in [-0.15, -0.1) is 0 Å². The third-order valence-electron chi connectivity index (χ3n) is 4.53. The van der Waals surface area contributed by atoms with Crippen LogP contribution in [0, 0.1) is 0 Å². The summed E-state index contributed by atoms with van der Waals surface area (Å²) in [7, 11) is -3.68. The second kappa shape index (κ2) is 8.58. The Hall–Kier alpha value is -1.70. The van der Waals surface area contributed by atoms with E-state index in [0.29, 0.717) is 23.1 Å². The molecule has 0 unspecified atom stereocenters. The van der Waals surface area contributed by atoms with Gasteiger partial charge in [0.25, 0.3) is 0 Å². The second-order valence-corrected chi connectivity index (χ2v) is 10.2. The molecule has 0 saturated heterocycles. The van der Waals surface area contributed by atoms with Crippen molar-refractivity contribution < 1.29 is 13.2 Å². The SMILES string of the molecule is O=S(=O)(NCc1c(Cl)cccc1Sc1ccc(Cl)cc1)c1ccc2c(c1)CCO2. The van der Waals surface area contributed by atoms with Crippen molar-refractivity contribution in [3.05, 3.63) is 81.8 Å². The van der Waals surface area contributed by atoms with Crippen LogP contribution in [0.5, 0.6) is 5.75 Å². The average molecular weight is 466 g/mol. The lowest BCUT2D eigenvalue weighted by atomic mass is 10.2. The lowest BCUT2D eigenvalue weighted by Crippen LogP contribution is -2.23. The summed E-state index contributed by atoms with van der Waals surface area (Å²) >= 11 is 13.8. The molecule has 0 aromatic heterocycles. The molecule has 0 radical (unpaired) electrons. The first-order chi connectivity index (χ1) is 13.9. The van der Waals surface area contributed by atoms with Crippen LogP contribution in [0.25, 0.3) is 0 Å². The quantitative estimate of drug-likeness (QED) is 0.517. The summed E-state index contributed by atoms with van der Waals surface area (Å²) in [6, 6.07) is 17.9. The summed E-state index contributed by atoms with van der Waals surface area (Å²) in [6.07, 6.45) is 0.713. The Balaban J connectivity index is 1.55. The second-order valence-electron chi connectivity index (χ2n) is 6.47. The van der Waals surface area contributed by atoms with Gasteiger partial charge in [0.1, 0.15) is 5.75 Å². The molecule has 4 nitrogen and oxygen atoms in total. The van der Waals surface area contributed by atoms with E-state index in [2.05, 4.69) is 4.72 Å². The molecule has 3 aromatic carbocycles. The first-order valence-corrected chi connectivity index (χ1v) is 11.9. The van der Waals surface area contributed by atoms with E-state index in [4.69, 9.17) is 27.9 Å². The normalized spacial score (nSPS) is 13.2. The monoisotopic (exact) mass is 465 g/mol. The van der Waals surface area contributed by atoms with Gasteiger partial charge >= 0.3 is 0 Å². The van der Waals surface area contributed by atoms with E-state index in [1.165, 1.54) is 11.8 Å². The van der Waals surface area contributed by atoms with Gasteiger partial charge in [-0.3, -0.25) is 0 Å². The maximum absolute atomic E-state index is 12.8. The highest BCUT2D eigenvalue weighted by Crippen LogP contribution is 2.34. The highest BCUT2D eigenvalue weighted by Gasteiger charge is 2.20. The van der Waals surface area contributed by atoms with Gasteiger partial charge in [0, 0.05) is 32.8 Å². The number of rotatable bonds is 6. The Bertz CT molecular complexity index is 1150. The largest absolute Gasteiger partial charge is 0.493 e. The van der Waals surface area contributed by atoms with Gasteiger partial charge in [-0.2, -0.15) is 0 Å². The van der Waals surface area contributed by atoms with Crippen LogP contribution in [0.15, 0.2) is 75.4 Å². The van der Waals surface area contributed by atoms with Crippen LogP contribution in [0.2, 0.25) is 10.0 Å². The number of ether oxygens (including phenoxy) is 1. The maximum atomic E-state index is 12.8. The summed E-state index contributed by atoms with van der Waals surface area (Å²) in [6.45, 7) is 0.669. The van der Waals surface area contributed by atoms with E-state index in [-0.39, 0.29) is 11.4 Å². The Kier molecular flexibility index (Phi) is 6.08. The van der Waals surface area contributed by atoms with Crippen LogP contribution in [-0.2, 0) is 23.0 Å². The van der Waals surface area contributed by atoms with E-state index >= 15 is 0 Å². The molecule has 1 aliphatic rings. The van der Waals surface area contributed by atoms with Gasteiger partial charge in [-0.25, -0.2) is 13.1 Å². The first-order valence-electron chi connectivity index (χ1n) is 8.88. The Morgan fingerprint density at radius 2 is 1.83 bits per heavy atom. The number of benzene rings is 3. The molecule has 3 aromatic rings. The zero-order chi connectivity index (χ0) is 20.4. The maximum Gasteiger partial charge on any atom is 0.240 e. The van der Waals surface area contributed by atoms with Gasteiger partial charge in [0.05, 0.1) is 11.5 Å². The van der Waals surface area contributed by atoms with Crippen LogP contribution in [-0.4, -0.2) is 15.0 Å². The molecule has 0 spiro atoms. The minimum absolute atomic E-state index is 0.0888. The number of halogens is 2. The topological polar surface area (TPSA) is 55.4 Å². The highest BCUT2D eigenvalue weighted by atomic mass is 35.5. The number of sulfonamides is 1. The zero-order valence-corrected chi connectivity index (χ0v) is 18.3. The van der Waals surface area contributed by atoms with E-state index in [1.54, 1.807) is 24.3 Å². The Labute approximate surface area is 184 Å². The molecule has 0 amide bonds.